The molecule has 0 aromatic heterocycles. The average Bonchev–Trinajstić information content (AvgIpc) is 2.56. The molecule has 0 fully saturated rings. The standard InChI is InChI=1S/C20H18ClNO2/c1-13-10-14(2)20(17(21)11-13)22-19(23)12-24-18-9-5-7-15-6-3-4-8-16(15)18/h3-11H,12H2,1-2H3,(H,22,23). The molecule has 0 aliphatic rings. The van der Waals surface area contributed by atoms with Crippen molar-refractivity contribution in [2.75, 3.05) is 11.9 Å². The molecule has 0 unspecified atom stereocenters. The summed E-state index contributed by atoms with van der Waals surface area (Å²) in [6.07, 6.45) is 0. The molecule has 0 aliphatic heterocycles. The molecule has 0 radical (unpaired) electrons. The van der Waals surface area contributed by atoms with Crippen LogP contribution in [0.3, 0.4) is 0 Å². The molecule has 0 heterocycles. The van der Waals surface area contributed by atoms with Gasteiger partial charge in [-0.25, -0.2) is 0 Å². The Bertz CT molecular complexity index is 877. The van der Waals surface area contributed by atoms with E-state index >= 15 is 0 Å². The number of aryl methyl sites for hydroxylation is 2. The van der Waals surface area contributed by atoms with E-state index in [0.29, 0.717) is 16.5 Å². The van der Waals surface area contributed by atoms with Crippen LogP contribution in [-0.4, -0.2) is 12.5 Å². The normalized spacial score (nSPS) is 10.6. The molecular formula is C20H18ClNO2. The fourth-order valence-corrected chi connectivity index (χ4v) is 3.08. The minimum absolute atomic E-state index is 0.0718. The predicted molar refractivity (Wildman–Crippen MR) is 99.0 cm³/mol. The fourth-order valence-electron chi connectivity index (χ4n) is 2.71. The predicted octanol–water partition coefficient (Wildman–Crippen LogP) is 5.13. The summed E-state index contributed by atoms with van der Waals surface area (Å²) in [7, 11) is 0. The van der Waals surface area contributed by atoms with Gasteiger partial charge in [0.2, 0.25) is 0 Å². The largest absolute Gasteiger partial charge is 0.483 e. The van der Waals surface area contributed by atoms with Crippen molar-refractivity contribution in [3.63, 3.8) is 0 Å². The molecule has 3 aromatic rings. The van der Waals surface area contributed by atoms with E-state index in [-0.39, 0.29) is 12.5 Å². The molecule has 0 atom stereocenters. The van der Waals surface area contributed by atoms with Gasteiger partial charge in [-0.05, 0) is 42.5 Å². The molecule has 1 amide bonds. The number of rotatable bonds is 4. The Balaban J connectivity index is 1.72. The number of carbonyl (C=O) groups is 1. The zero-order valence-corrected chi connectivity index (χ0v) is 14.4. The lowest BCUT2D eigenvalue weighted by molar-refractivity contribution is -0.118. The van der Waals surface area contributed by atoms with Crippen LogP contribution in [0.2, 0.25) is 5.02 Å². The van der Waals surface area contributed by atoms with E-state index in [0.717, 1.165) is 21.9 Å². The van der Waals surface area contributed by atoms with Gasteiger partial charge >= 0.3 is 0 Å². The van der Waals surface area contributed by atoms with Gasteiger partial charge in [-0.3, -0.25) is 4.79 Å². The van der Waals surface area contributed by atoms with E-state index in [4.69, 9.17) is 16.3 Å². The van der Waals surface area contributed by atoms with Gasteiger partial charge in [-0.1, -0.05) is 54.1 Å². The smallest absolute Gasteiger partial charge is 0.262 e. The second-order valence-electron chi connectivity index (χ2n) is 5.75. The van der Waals surface area contributed by atoms with E-state index in [2.05, 4.69) is 5.32 Å². The summed E-state index contributed by atoms with van der Waals surface area (Å²) in [5.74, 6) is 0.451. The monoisotopic (exact) mass is 339 g/mol. The highest BCUT2D eigenvalue weighted by Crippen LogP contribution is 2.28. The molecule has 0 saturated heterocycles. The van der Waals surface area contributed by atoms with Crippen molar-refractivity contribution in [1.82, 2.24) is 0 Å². The molecule has 1 N–H and O–H groups in total. The highest BCUT2D eigenvalue weighted by atomic mass is 35.5. The quantitative estimate of drug-likeness (QED) is 0.715. The Labute approximate surface area is 146 Å². The average molecular weight is 340 g/mol. The van der Waals surface area contributed by atoms with E-state index in [1.54, 1.807) is 0 Å². The van der Waals surface area contributed by atoms with E-state index in [1.807, 2.05) is 68.4 Å². The molecule has 3 aromatic carbocycles. The highest BCUT2D eigenvalue weighted by molar-refractivity contribution is 6.34. The van der Waals surface area contributed by atoms with Crippen LogP contribution in [0.4, 0.5) is 5.69 Å². The zero-order valence-electron chi connectivity index (χ0n) is 13.6. The van der Waals surface area contributed by atoms with Crippen LogP contribution in [0.25, 0.3) is 10.8 Å². The zero-order chi connectivity index (χ0) is 17.1. The Hall–Kier alpha value is -2.52. The number of anilines is 1. The van der Waals surface area contributed by atoms with Crippen LogP contribution >= 0.6 is 11.6 Å². The molecule has 122 valence electrons. The van der Waals surface area contributed by atoms with Gasteiger partial charge < -0.3 is 10.1 Å². The van der Waals surface area contributed by atoms with Crippen molar-refractivity contribution >= 4 is 34.0 Å². The lowest BCUT2D eigenvalue weighted by Crippen LogP contribution is -2.21. The summed E-state index contributed by atoms with van der Waals surface area (Å²) in [5, 5.41) is 5.42. The number of nitrogens with one attached hydrogen (secondary N) is 1. The number of hydrogen-bond donors (Lipinski definition) is 1. The summed E-state index contributed by atoms with van der Waals surface area (Å²) >= 11 is 6.22. The van der Waals surface area contributed by atoms with Crippen molar-refractivity contribution in [1.29, 1.82) is 0 Å². The second-order valence-corrected chi connectivity index (χ2v) is 6.16. The lowest BCUT2D eigenvalue weighted by atomic mass is 10.1. The number of amides is 1. The van der Waals surface area contributed by atoms with Gasteiger partial charge in [-0.2, -0.15) is 0 Å². The Morgan fingerprint density at radius 3 is 2.62 bits per heavy atom. The Kier molecular flexibility index (Phi) is 4.72. The minimum Gasteiger partial charge on any atom is -0.483 e. The maximum absolute atomic E-state index is 12.2. The van der Waals surface area contributed by atoms with Gasteiger partial charge in [0.15, 0.2) is 6.61 Å². The van der Waals surface area contributed by atoms with Crippen molar-refractivity contribution in [3.05, 3.63) is 70.7 Å². The third-order valence-corrected chi connectivity index (χ3v) is 4.10. The first-order valence-electron chi connectivity index (χ1n) is 7.72. The molecule has 24 heavy (non-hydrogen) atoms. The minimum atomic E-state index is -0.239. The first-order chi connectivity index (χ1) is 11.5. The van der Waals surface area contributed by atoms with E-state index < -0.39 is 0 Å². The summed E-state index contributed by atoms with van der Waals surface area (Å²) < 4.78 is 5.70. The number of benzene rings is 3. The van der Waals surface area contributed by atoms with Crippen LogP contribution in [0.1, 0.15) is 11.1 Å². The molecule has 0 spiro atoms. The fraction of sp³-hybridized carbons (Fsp3) is 0.150. The Morgan fingerprint density at radius 2 is 1.83 bits per heavy atom. The van der Waals surface area contributed by atoms with Crippen LogP contribution in [0.15, 0.2) is 54.6 Å². The Morgan fingerprint density at radius 1 is 1.08 bits per heavy atom. The number of fused-ring (bicyclic) bond motifs is 1. The van der Waals surface area contributed by atoms with Crippen LogP contribution in [0.5, 0.6) is 5.75 Å². The van der Waals surface area contributed by atoms with Gasteiger partial charge in [0.25, 0.3) is 5.91 Å². The summed E-state index contributed by atoms with van der Waals surface area (Å²) in [6.45, 7) is 3.81. The van der Waals surface area contributed by atoms with E-state index in [1.165, 1.54) is 0 Å². The lowest BCUT2D eigenvalue weighted by Gasteiger charge is -2.13. The van der Waals surface area contributed by atoms with Crippen LogP contribution in [0, 0.1) is 13.8 Å². The van der Waals surface area contributed by atoms with Crippen LogP contribution in [-0.2, 0) is 4.79 Å². The number of ether oxygens (including phenoxy) is 1. The van der Waals surface area contributed by atoms with Gasteiger partial charge in [0, 0.05) is 5.39 Å². The molecule has 3 nitrogen and oxygen atoms in total. The van der Waals surface area contributed by atoms with Crippen molar-refractivity contribution in [3.8, 4) is 5.75 Å². The maximum atomic E-state index is 12.2. The number of hydrogen-bond acceptors (Lipinski definition) is 2. The van der Waals surface area contributed by atoms with Crippen molar-refractivity contribution in [2.24, 2.45) is 0 Å². The van der Waals surface area contributed by atoms with Gasteiger partial charge in [-0.15, -0.1) is 0 Å². The number of halogens is 1. The van der Waals surface area contributed by atoms with Crippen LogP contribution < -0.4 is 10.1 Å². The first kappa shape index (κ1) is 16.3. The highest BCUT2D eigenvalue weighted by Gasteiger charge is 2.11. The van der Waals surface area contributed by atoms with Crippen molar-refractivity contribution in [2.45, 2.75) is 13.8 Å². The molecule has 0 saturated carbocycles. The molecule has 4 heteroatoms. The second kappa shape index (κ2) is 6.93. The molecule has 0 aliphatic carbocycles. The third-order valence-electron chi connectivity index (χ3n) is 3.80. The van der Waals surface area contributed by atoms with Gasteiger partial charge in [0.05, 0.1) is 10.7 Å². The topological polar surface area (TPSA) is 38.3 Å². The molecule has 0 bridgehead atoms. The van der Waals surface area contributed by atoms with Gasteiger partial charge in [0.1, 0.15) is 5.75 Å². The van der Waals surface area contributed by atoms with E-state index in [9.17, 15) is 4.79 Å². The van der Waals surface area contributed by atoms with Crippen molar-refractivity contribution < 1.29 is 9.53 Å². The SMILES string of the molecule is Cc1cc(C)c(NC(=O)COc2cccc3ccccc23)c(Cl)c1. The number of carbonyl (C=O) groups excluding carboxylic acids is 1. The first-order valence-corrected chi connectivity index (χ1v) is 8.09. The molecular weight excluding hydrogens is 322 g/mol. The summed E-state index contributed by atoms with van der Waals surface area (Å²) in [6, 6.07) is 17.5. The third kappa shape index (κ3) is 3.52. The maximum Gasteiger partial charge on any atom is 0.262 e. The summed E-state index contributed by atoms with van der Waals surface area (Å²) in [5.41, 5.74) is 2.62. The molecule has 3 rings (SSSR count). The summed E-state index contributed by atoms with van der Waals surface area (Å²) in [4.78, 5) is 12.2.